The fourth-order valence-corrected chi connectivity index (χ4v) is 4.00. The van der Waals surface area contributed by atoms with Gasteiger partial charge in [0.2, 0.25) is 5.91 Å². The largest absolute Gasteiger partial charge is 0.370 e. The molecule has 1 heterocycles. The molecule has 0 saturated carbocycles. The van der Waals surface area contributed by atoms with Gasteiger partial charge in [0.1, 0.15) is 0 Å². The molecule has 1 atom stereocenters. The third-order valence-corrected chi connectivity index (χ3v) is 4.27. The summed E-state index contributed by atoms with van der Waals surface area (Å²) >= 11 is 0. The summed E-state index contributed by atoms with van der Waals surface area (Å²) in [7, 11) is -2.99. The Morgan fingerprint density at radius 2 is 2.21 bits per heavy atom. The van der Waals surface area contributed by atoms with Crippen LogP contribution in [0.2, 0.25) is 0 Å². The van der Waals surface area contributed by atoms with Crippen molar-refractivity contribution in [2.24, 2.45) is 5.73 Å². The van der Waals surface area contributed by atoms with Crippen LogP contribution in [0, 0.1) is 0 Å². The number of hydrogen-bond acceptors (Lipinski definition) is 4. The van der Waals surface area contributed by atoms with E-state index in [9.17, 15) is 13.2 Å². The molecule has 1 amide bonds. The minimum absolute atomic E-state index is 0.0246. The van der Waals surface area contributed by atoms with Gasteiger partial charge in [-0.1, -0.05) is 6.92 Å². The minimum Gasteiger partial charge on any atom is -0.370 e. The zero-order chi connectivity index (χ0) is 10.8. The minimum atomic E-state index is -2.99. The van der Waals surface area contributed by atoms with E-state index < -0.39 is 21.3 Å². The Kier molecular flexibility index (Phi) is 3.16. The van der Waals surface area contributed by atoms with Gasteiger partial charge in [-0.15, -0.1) is 0 Å². The van der Waals surface area contributed by atoms with Gasteiger partial charge in [0.15, 0.2) is 9.84 Å². The summed E-state index contributed by atoms with van der Waals surface area (Å²) in [4.78, 5) is 10.8. The molecule has 14 heavy (non-hydrogen) atoms. The fourth-order valence-electron chi connectivity index (χ4n) is 1.97. The standard InChI is InChI=1S/C8H16N2O3S/c1-2-10-8(5-7(9)11)3-4-14(12,13)6-8/h10H,2-6H2,1H3,(H2,9,11). The maximum atomic E-state index is 11.3. The van der Waals surface area contributed by atoms with Crippen LogP contribution in [0.15, 0.2) is 0 Å². The molecule has 1 aliphatic rings. The first-order valence-corrected chi connectivity index (χ1v) is 6.45. The molecule has 0 aliphatic carbocycles. The number of primary amides is 1. The van der Waals surface area contributed by atoms with Crippen molar-refractivity contribution < 1.29 is 13.2 Å². The van der Waals surface area contributed by atoms with E-state index in [-0.39, 0.29) is 17.9 Å². The summed E-state index contributed by atoms with van der Waals surface area (Å²) in [6.45, 7) is 2.52. The number of hydrogen-bond donors (Lipinski definition) is 2. The highest BCUT2D eigenvalue weighted by Gasteiger charge is 2.42. The number of sulfone groups is 1. The van der Waals surface area contributed by atoms with Crippen LogP contribution in [-0.2, 0) is 14.6 Å². The van der Waals surface area contributed by atoms with E-state index >= 15 is 0 Å². The van der Waals surface area contributed by atoms with Crippen molar-refractivity contribution in [2.75, 3.05) is 18.1 Å². The van der Waals surface area contributed by atoms with Gasteiger partial charge in [0.05, 0.1) is 11.5 Å². The summed E-state index contributed by atoms with van der Waals surface area (Å²) in [5.74, 6) is -0.285. The fraction of sp³-hybridized carbons (Fsp3) is 0.875. The molecule has 6 heteroatoms. The Morgan fingerprint density at radius 3 is 2.57 bits per heavy atom. The van der Waals surface area contributed by atoms with Gasteiger partial charge in [-0.25, -0.2) is 8.42 Å². The van der Waals surface area contributed by atoms with E-state index in [4.69, 9.17) is 5.73 Å². The number of carbonyl (C=O) groups excluding carboxylic acids is 1. The van der Waals surface area contributed by atoms with Gasteiger partial charge in [-0.3, -0.25) is 4.79 Å². The zero-order valence-corrected chi connectivity index (χ0v) is 9.06. The highest BCUT2D eigenvalue weighted by Crippen LogP contribution is 2.26. The average molecular weight is 220 g/mol. The first kappa shape index (κ1) is 11.5. The lowest BCUT2D eigenvalue weighted by atomic mass is 9.94. The van der Waals surface area contributed by atoms with Crippen LogP contribution in [0.25, 0.3) is 0 Å². The lowest BCUT2D eigenvalue weighted by Crippen LogP contribution is -2.49. The van der Waals surface area contributed by atoms with Crippen LogP contribution in [0.1, 0.15) is 19.8 Å². The van der Waals surface area contributed by atoms with Gasteiger partial charge >= 0.3 is 0 Å². The molecule has 1 rings (SSSR count). The topological polar surface area (TPSA) is 89.3 Å². The summed E-state index contributed by atoms with van der Waals surface area (Å²) < 4.78 is 22.6. The van der Waals surface area contributed by atoms with E-state index in [1.807, 2.05) is 6.92 Å². The molecule has 1 fully saturated rings. The molecule has 82 valence electrons. The highest BCUT2D eigenvalue weighted by atomic mass is 32.2. The van der Waals surface area contributed by atoms with Crippen molar-refractivity contribution in [1.29, 1.82) is 0 Å². The number of nitrogens with two attached hydrogens (primary N) is 1. The number of carbonyl (C=O) groups is 1. The lowest BCUT2D eigenvalue weighted by molar-refractivity contribution is -0.119. The summed E-state index contributed by atoms with van der Waals surface area (Å²) in [5, 5.41) is 3.06. The maximum absolute atomic E-state index is 11.3. The molecular formula is C8H16N2O3S. The third kappa shape index (κ3) is 2.68. The molecule has 0 aromatic rings. The van der Waals surface area contributed by atoms with Gasteiger partial charge in [-0.05, 0) is 13.0 Å². The zero-order valence-electron chi connectivity index (χ0n) is 8.25. The van der Waals surface area contributed by atoms with Gasteiger partial charge in [-0.2, -0.15) is 0 Å². The van der Waals surface area contributed by atoms with Crippen molar-refractivity contribution >= 4 is 15.7 Å². The number of amides is 1. The Bertz CT molecular complexity index is 325. The predicted molar refractivity (Wildman–Crippen MR) is 53.5 cm³/mol. The molecular weight excluding hydrogens is 204 g/mol. The lowest BCUT2D eigenvalue weighted by Gasteiger charge is -2.27. The Balaban J connectivity index is 2.80. The summed E-state index contributed by atoms with van der Waals surface area (Å²) in [6.07, 6.45) is 0.576. The number of nitrogens with one attached hydrogen (secondary N) is 1. The van der Waals surface area contributed by atoms with Crippen LogP contribution >= 0.6 is 0 Å². The van der Waals surface area contributed by atoms with Crippen molar-refractivity contribution in [3.8, 4) is 0 Å². The smallest absolute Gasteiger partial charge is 0.219 e. The summed E-state index contributed by atoms with van der Waals surface area (Å²) in [6, 6.07) is 0. The van der Waals surface area contributed by atoms with Crippen LogP contribution in [0.3, 0.4) is 0 Å². The van der Waals surface area contributed by atoms with Crippen molar-refractivity contribution in [3.63, 3.8) is 0 Å². The van der Waals surface area contributed by atoms with E-state index in [0.717, 1.165) is 0 Å². The second kappa shape index (κ2) is 3.86. The predicted octanol–water partition coefficient (Wildman–Crippen LogP) is -0.971. The molecule has 1 aliphatic heterocycles. The number of rotatable bonds is 4. The van der Waals surface area contributed by atoms with Crippen LogP contribution < -0.4 is 11.1 Å². The molecule has 1 saturated heterocycles. The monoisotopic (exact) mass is 220 g/mol. The molecule has 0 radical (unpaired) electrons. The van der Waals surface area contributed by atoms with E-state index in [2.05, 4.69) is 5.32 Å². The second-order valence-electron chi connectivity index (χ2n) is 3.80. The quantitative estimate of drug-likeness (QED) is 0.638. The van der Waals surface area contributed by atoms with Crippen molar-refractivity contribution in [2.45, 2.75) is 25.3 Å². The van der Waals surface area contributed by atoms with E-state index in [1.54, 1.807) is 0 Å². The Hall–Kier alpha value is -0.620. The van der Waals surface area contributed by atoms with Gasteiger partial charge in [0, 0.05) is 12.0 Å². The molecule has 1 unspecified atom stereocenters. The SMILES string of the molecule is CCNC1(CC(N)=O)CCS(=O)(=O)C1. The highest BCUT2D eigenvalue weighted by molar-refractivity contribution is 7.91. The van der Waals surface area contributed by atoms with Crippen LogP contribution in [-0.4, -0.2) is 37.9 Å². The van der Waals surface area contributed by atoms with Crippen molar-refractivity contribution in [3.05, 3.63) is 0 Å². The normalized spacial score (nSPS) is 30.4. The first-order valence-electron chi connectivity index (χ1n) is 4.63. The molecule has 0 bridgehead atoms. The summed E-state index contributed by atoms with van der Waals surface area (Å²) in [5.41, 5.74) is 4.49. The molecule has 0 aromatic heterocycles. The van der Waals surface area contributed by atoms with Gasteiger partial charge in [0.25, 0.3) is 0 Å². The van der Waals surface area contributed by atoms with E-state index in [1.165, 1.54) is 0 Å². The molecule has 0 aromatic carbocycles. The molecule has 5 nitrogen and oxygen atoms in total. The average Bonchev–Trinajstić information content (AvgIpc) is 2.26. The van der Waals surface area contributed by atoms with Crippen LogP contribution in [0.5, 0.6) is 0 Å². The van der Waals surface area contributed by atoms with Gasteiger partial charge < -0.3 is 11.1 Å². The second-order valence-corrected chi connectivity index (χ2v) is 5.98. The Labute approximate surface area is 84.0 Å². The maximum Gasteiger partial charge on any atom is 0.219 e. The molecule has 3 N–H and O–H groups in total. The third-order valence-electron chi connectivity index (χ3n) is 2.45. The van der Waals surface area contributed by atoms with Crippen molar-refractivity contribution in [1.82, 2.24) is 5.32 Å². The molecule has 0 spiro atoms. The first-order chi connectivity index (χ1) is 6.39. The van der Waals surface area contributed by atoms with Crippen LogP contribution in [0.4, 0.5) is 0 Å². The van der Waals surface area contributed by atoms with E-state index in [0.29, 0.717) is 13.0 Å². The Morgan fingerprint density at radius 1 is 1.57 bits per heavy atom.